The largest absolute Gasteiger partial charge is 0.367 e. The Bertz CT molecular complexity index is 1500. The summed E-state index contributed by atoms with van der Waals surface area (Å²) in [5.41, 5.74) is 3.91. The number of rotatable bonds is 9. The van der Waals surface area contributed by atoms with E-state index >= 15 is 4.39 Å². The fourth-order valence-electron chi connectivity index (χ4n) is 5.57. The highest BCUT2D eigenvalue weighted by molar-refractivity contribution is 6.08. The molecule has 216 valence electrons. The number of carbonyl (C=O) groups is 2. The zero-order chi connectivity index (χ0) is 29.5. The Labute approximate surface area is 246 Å². The topological polar surface area (TPSA) is 68.8 Å². The maximum Gasteiger partial charge on any atom is 0.256 e. The molecular weight excluding hydrogens is 529 g/mol. The second kappa shape index (κ2) is 13.4. The van der Waals surface area contributed by atoms with Gasteiger partial charge in [0.05, 0.1) is 5.69 Å². The van der Waals surface area contributed by atoms with Gasteiger partial charge in [0.15, 0.2) is 0 Å². The van der Waals surface area contributed by atoms with Crippen LogP contribution in [-0.4, -0.2) is 65.9 Å². The smallest absolute Gasteiger partial charge is 0.256 e. The molecule has 0 saturated carbocycles. The summed E-state index contributed by atoms with van der Waals surface area (Å²) in [5.74, 6) is -0.628. The number of amides is 2. The molecule has 0 aliphatic carbocycles. The summed E-state index contributed by atoms with van der Waals surface area (Å²) < 4.78 is 15.4. The van der Waals surface area contributed by atoms with Gasteiger partial charge in [-0.05, 0) is 55.3 Å². The summed E-state index contributed by atoms with van der Waals surface area (Å²) in [5, 5.41) is 2.85. The summed E-state index contributed by atoms with van der Waals surface area (Å²) in [6.07, 6.45) is 3.39. The molecule has 2 amide bonds. The Morgan fingerprint density at radius 3 is 2.29 bits per heavy atom. The summed E-state index contributed by atoms with van der Waals surface area (Å²) in [6, 6.07) is 25.3. The van der Waals surface area contributed by atoms with E-state index in [1.165, 1.54) is 6.07 Å². The lowest BCUT2D eigenvalue weighted by Gasteiger charge is -2.41. The van der Waals surface area contributed by atoms with Crippen molar-refractivity contribution in [3.63, 3.8) is 0 Å². The molecule has 1 aliphatic heterocycles. The normalized spacial score (nSPS) is 14.3. The molecule has 0 radical (unpaired) electrons. The first-order valence-electron chi connectivity index (χ1n) is 14.4. The second-order valence-corrected chi connectivity index (χ2v) is 10.3. The molecule has 0 spiro atoms. The second-order valence-electron chi connectivity index (χ2n) is 10.3. The van der Waals surface area contributed by atoms with E-state index in [1.54, 1.807) is 36.7 Å². The van der Waals surface area contributed by atoms with Gasteiger partial charge in [-0.3, -0.25) is 19.5 Å². The Morgan fingerprint density at radius 1 is 0.905 bits per heavy atom. The molecule has 4 aromatic rings. The molecule has 42 heavy (non-hydrogen) atoms. The summed E-state index contributed by atoms with van der Waals surface area (Å²) >= 11 is 0. The first kappa shape index (κ1) is 29.0. The molecule has 0 unspecified atom stereocenters. The molecule has 2 heterocycles. The summed E-state index contributed by atoms with van der Waals surface area (Å²) in [7, 11) is 0. The number of nitrogens with zero attached hydrogens (tertiary/aromatic N) is 4. The van der Waals surface area contributed by atoms with Crippen molar-refractivity contribution < 1.29 is 14.0 Å². The fourth-order valence-corrected chi connectivity index (χ4v) is 5.57. The number of nitrogens with one attached hydrogen (secondary N) is 1. The molecule has 7 nitrogen and oxygen atoms in total. The monoisotopic (exact) mass is 565 g/mol. The predicted molar refractivity (Wildman–Crippen MR) is 165 cm³/mol. The average Bonchev–Trinajstić information content (AvgIpc) is 3.03. The van der Waals surface area contributed by atoms with E-state index < -0.39 is 5.82 Å². The van der Waals surface area contributed by atoms with E-state index in [-0.39, 0.29) is 17.9 Å². The van der Waals surface area contributed by atoms with Crippen LogP contribution in [0, 0.1) is 5.82 Å². The Morgan fingerprint density at radius 2 is 1.62 bits per heavy atom. The van der Waals surface area contributed by atoms with Gasteiger partial charge in [0.25, 0.3) is 5.91 Å². The minimum Gasteiger partial charge on any atom is -0.367 e. The van der Waals surface area contributed by atoms with E-state index in [1.807, 2.05) is 78.2 Å². The Balaban J connectivity index is 1.27. The van der Waals surface area contributed by atoms with Crippen LogP contribution in [0.25, 0.3) is 11.1 Å². The van der Waals surface area contributed by atoms with Crippen LogP contribution in [0.4, 0.5) is 15.8 Å². The number of carbonyl (C=O) groups excluding carboxylic acids is 2. The van der Waals surface area contributed by atoms with E-state index in [0.29, 0.717) is 56.2 Å². The highest BCUT2D eigenvalue weighted by Gasteiger charge is 2.33. The van der Waals surface area contributed by atoms with Gasteiger partial charge in [-0.15, -0.1) is 0 Å². The lowest BCUT2D eigenvalue weighted by atomic mass is 10.0. The van der Waals surface area contributed by atoms with Crippen LogP contribution in [0.5, 0.6) is 0 Å². The molecular formula is C34H36FN5O2. The minimum atomic E-state index is -0.402. The molecule has 1 fully saturated rings. The number of hydrogen-bond acceptors (Lipinski definition) is 5. The third-order valence-electron chi connectivity index (χ3n) is 7.79. The molecule has 3 aromatic carbocycles. The Hall–Kier alpha value is -4.56. The molecule has 5 rings (SSSR count). The SMILES string of the molecule is CCN(CC)C(=O)[C@@H](c1ccccc1)N1CCN(c2ccc(NC(=O)c3ccccc3-c3cccnc3)cc2F)CC1. The van der Waals surface area contributed by atoms with Gasteiger partial charge in [-0.2, -0.15) is 0 Å². The van der Waals surface area contributed by atoms with E-state index in [4.69, 9.17) is 0 Å². The number of anilines is 2. The lowest BCUT2D eigenvalue weighted by Crippen LogP contribution is -2.51. The standard InChI is InChI=1S/C34H36FN5O2/c1-3-38(4-2)34(42)32(25-11-6-5-7-12-25)40-21-19-39(20-22-40)31-17-16-27(23-30(31)35)37-33(41)29-15-9-8-14-28(29)26-13-10-18-36-24-26/h5-18,23-24,32H,3-4,19-22H2,1-2H3,(H,37,41)/t32-/m1/s1. The van der Waals surface area contributed by atoms with Gasteiger partial charge in [0.1, 0.15) is 11.9 Å². The maximum absolute atomic E-state index is 15.4. The van der Waals surface area contributed by atoms with Crippen LogP contribution in [0.3, 0.4) is 0 Å². The molecule has 1 N–H and O–H groups in total. The van der Waals surface area contributed by atoms with Crippen molar-refractivity contribution in [1.82, 2.24) is 14.8 Å². The molecule has 1 aromatic heterocycles. The number of halogens is 1. The first-order chi connectivity index (χ1) is 20.5. The number of aromatic nitrogens is 1. The molecule has 1 aliphatic rings. The van der Waals surface area contributed by atoms with Crippen molar-refractivity contribution in [2.75, 3.05) is 49.5 Å². The number of piperazine rings is 1. The summed E-state index contributed by atoms with van der Waals surface area (Å²) in [6.45, 7) is 7.70. The van der Waals surface area contributed by atoms with Gasteiger partial charge in [0.2, 0.25) is 5.91 Å². The van der Waals surface area contributed by atoms with Gasteiger partial charge in [-0.25, -0.2) is 4.39 Å². The van der Waals surface area contributed by atoms with Crippen molar-refractivity contribution in [1.29, 1.82) is 0 Å². The average molecular weight is 566 g/mol. The predicted octanol–water partition coefficient (Wildman–Crippen LogP) is 5.87. The fraction of sp³-hybridized carbons (Fsp3) is 0.265. The number of likely N-dealkylation sites (N-methyl/N-ethyl adjacent to an activating group) is 1. The summed E-state index contributed by atoms with van der Waals surface area (Å²) in [4.78, 5) is 36.9. The van der Waals surface area contributed by atoms with Crippen LogP contribution in [-0.2, 0) is 4.79 Å². The van der Waals surface area contributed by atoms with E-state index in [9.17, 15) is 9.59 Å². The zero-order valence-electron chi connectivity index (χ0n) is 24.0. The first-order valence-corrected chi connectivity index (χ1v) is 14.4. The van der Waals surface area contributed by atoms with E-state index in [2.05, 4.69) is 15.2 Å². The van der Waals surface area contributed by atoms with Crippen LogP contribution in [0.2, 0.25) is 0 Å². The van der Waals surface area contributed by atoms with Crippen molar-refractivity contribution in [2.45, 2.75) is 19.9 Å². The number of hydrogen-bond donors (Lipinski definition) is 1. The van der Waals surface area contributed by atoms with Crippen LogP contribution in [0.1, 0.15) is 35.8 Å². The van der Waals surface area contributed by atoms with Gasteiger partial charge in [-0.1, -0.05) is 54.6 Å². The van der Waals surface area contributed by atoms with Crippen LogP contribution < -0.4 is 10.2 Å². The number of benzene rings is 3. The van der Waals surface area contributed by atoms with Gasteiger partial charge >= 0.3 is 0 Å². The maximum atomic E-state index is 15.4. The third kappa shape index (κ3) is 6.34. The lowest BCUT2D eigenvalue weighted by molar-refractivity contribution is -0.137. The molecule has 8 heteroatoms. The molecule has 0 bridgehead atoms. The van der Waals surface area contributed by atoms with E-state index in [0.717, 1.165) is 16.7 Å². The number of pyridine rings is 1. The minimum absolute atomic E-state index is 0.0935. The van der Waals surface area contributed by atoms with Crippen molar-refractivity contribution in [3.05, 3.63) is 114 Å². The Kier molecular flexibility index (Phi) is 9.24. The van der Waals surface area contributed by atoms with Gasteiger partial charge in [0, 0.05) is 68.5 Å². The van der Waals surface area contributed by atoms with Crippen molar-refractivity contribution in [3.8, 4) is 11.1 Å². The van der Waals surface area contributed by atoms with Crippen LogP contribution >= 0.6 is 0 Å². The van der Waals surface area contributed by atoms with Gasteiger partial charge < -0.3 is 15.1 Å². The van der Waals surface area contributed by atoms with Crippen LogP contribution in [0.15, 0.2) is 97.3 Å². The zero-order valence-corrected chi connectivity index (χ0v) is 24.0. The highest BCUT2D eigenvalue weighted by atomic mass is 19.1. The van der Waals surface area contributed by atoms with Crippen molar-refractivity contribution in [2.24, 2.45) is 0 Å². The molecule has 1 atom stereocenters. The quantitative estimate of drug-likeness (QED) is 0.275. The molecule has 1 saturated heterocycles. The van der Waals surface area contributed by atoms with Crippen molar-refractivity contribution >= 4 is 23.2 Å². The highest BCUT2D eigenvalue weighted by Crippen LogP contribution is 2.29. The third-order valence-corrected chi connectivity index (χ3v) is 7.79.